The highest BCUT2D eigenvalue weighted by molar-refractivity contribution is 5.82. The molecule has 0 unspecified atom stereocenters. The second-order valence-corrected chi connectivity index (χ2v) is 8.39. The van der Waals surface area contributed by atoms with Crippen molar-refractivity contribution >= 4 is 32.6 Å². The van der Waals surface area contributed by atoms with E-state index in [0.29, 0.717) is 5.88 Å². The van der Waals surface area contributed by atoms with Crippen LogP contribution < -0.4 is 4.74 Å². The summed E-state index contributed by atoms with van der Waals surface area (Å²) in [5.74, 6) is 0.707. The van der Waals surface area contributed by atoms with Crippen molar-refractivity contribution in [3.05, 3.63) is 120 Å². The first kappa shape index (κ1) is 23.8. The molecule has 0 aliphatic rings. The highest BCUT2D eigenvalue weighted by Gasteiger charge is 2.01. The molecular formula is C31H29N3O. The number of methoxy groups -OCH3 is 1. The van der Waals surface area contributed by atoms with Crippen LogP contribution in [-0.4, -0.2) is 22.1 Å². The van der Waals surface area contributed by atoms with E-state index in [1.165, 1.54) is 21.7 Å². The van der Waals surface area contributed by atoms with Gasteiger partial charge in [-0.05, 0) is 62.1 Å². The molecule has 0 bridgehead atoms. The lowest BCUT2D eigenvalue weighted by Crippen LogP contribution is -1.91. The predicted octanol–water partition coefficient (Wildman–Crippen LogP) is 7.64. The normalized spacial score (nSPS) is 10.3. The van der Waals surface area contributed by atoms with Gasteiger partial charge in [0.2, 0.25) is 5.88 Å². The number of rotatable bonds is 1. The average molecular weight is 460 g/mol. The van der Waals surface area contributed by atoms with Gasteiger partial charge in [0.15, 0.2) is 0 Å². The molecular weight excluding hydrogens is 430 g/mol. The third-order valence-electron chi connectivity index (χ3n) is 5.56. The van der Waals surface area contributed by atoms with Crippen LogP contribution in [0.1, 0.15) is 16.8 Å². The van der Waals surface area contributed by atoms with Crippen LogP contribution >= 0.6 is 0 Å². The highest BCUT2D eigenvalue weighted by Crippen LogP contribution is 2.20. The molecule has 174 valence electrons. The zero-order valence-electron chi connectivity index (χ0n) is 20.6. The van der Waals surface area contributed by atoms with E-state index in [1.807, 2.05) is 74.8 Å². The number of ether oxygens (including phenoxy) is 1. The molecule has 0 N–H and O–H groups in total. The van der Waals surface area contributed by atoms with Gasteiger partial charge in [0.05, 0.1) is 18.1 Å². The van der Waals surface area contributed by atoms with Crippen molar-refractivity contribution < 1.29 is 4.74 Å². The Balaban J connectivity index is 0.000000124. The largest absolute Gasteiger partial charge is 0.481 e. The van der Waals surface area contributed by atoms with Crippen LogP contribution in [0.5, 0.6) is 5.88 Å². The second-order valence-electron chi connectivity index (χ2n) is 8.39. The summed E-state index contributed by atoms with van der Waals surface area (Å²) in [6, 6.07) is 30.7. The summed E-state index contributed by atoms with van der Waals surface area (Å²) >= 11 is 0. The molecule has 0 aliphatic carbocycles. The molecule has 0 aliphatic heterocycles. The van der Waals surface area contributed by atoms with Crippen molar-refractivity contribution in [2.24, 2.45) is 0 Å². The molecule has 4 heteroatoms. The fraction of sp³-hybridized carbons (Fsp3) is 0.129. The van der Waals surface area contributed by atoms with Crippen molar-refractivity contribution in [2.75, 3.05) is 7.11 Å². The van der Waals surface area contributed by atoms with Gasteiger partial charge in [-0.3, -0.25) is 9.97 Å². The van der Waals surface area contributed by atoms with Crippen LogP contribution in [-0.2, 0) is 0 Å². The van der Waals surface area contributed by atoms with Crippen molar-refractivity contribution in [3.8, 4) is 5.88 Å². The molecule has 0 amide bonds. The average Bonchev–Trinajstić information content (AvgIpc) is 2.89. The summed E-state index contributed by atoms with van der Waals surface area (Å²) in [6.45, 7) is 6.06. The monoisotopic (exact) mass is 459 g/mol. The summed E-state index contributed by atoms with van der Waals surface area (Å²) in [5, 5.41) is 4.84. The van der Waals surface area contributed by atoms with Crippen LogP contribution in [0.15, 0.2) is 103 Å². The summed E-state index contributed by atoms with van der Waals surface area (Å²) in [5.41, 5.74) is 5.40. The van der Waals surface area contributed by atoms with Gasteiger partial charge >= 0.3 is 0 Å². The quantitative estimate of drug-likeness (QED) is 0.253. The first-order valence-electron chi connectivity index (χ1n) is 11.6. The van der Waals surface area contributed by atoms with Gasteiger partial charge in [-0.2, -0.15) is 0 Å². The van der Waals surface area contributed by atoms with Gasteiger partial charge in [0.1, 0.15) is 0 Å². The highest BCUT2D eigenvalue weighted by atomic mass is 16.5. The second kappa shape index (κ2) is 11.2. The maximum Gasteiger partial charge on any atom is 0.216 e. The van der Waals surface area contributed by atoms with Gasteiger partial charge in [-0.15, -0.1) is 0 Å². The third kappa shape index (κ3) is 6.18. The van der Waals surface area contributed by atoms with Crippen molar-refractivity contribution in [2.45, 2.75) is 20.8 Å². The number of fused-ring (bicyclic) bond motifs is 3. The Bertz CT molecular complexity index is 1500. The van der Waals surface area contributed by atoms with E-state index in [9.17, 15) is 0 Å². The number of benzene rings is 3. The van der Waals surface area contributed by atoms with Crippen LogP contribution in [0.2, 0.25) is 0 Å². The van der Waals surface area contributed by atoms with Gasteiger partial charge in [0, 0.05) is 39.8 Å². The first-order chi connectivity index (χ1) is 17.0. The van der Waals surface area contributed by atoms with E-state index in [2.05, 4.69) is 64.3 Å². The molecule has 0 spiro atoms. The number of aryl methyl sites for hydroxylation is 3. The van der Waals surface area contributed by atoms with E-state index < -0.39 is 0 Å². The van der Waals surface area contributed by atoms with E-state index >= 15 is 0 Å². The number of pyridine rings is 3. The van der Waals surface area contributed by atoms with Crippen LogP contribution in [0.4, 0.5) is 0 Å². The smallest absolute Gasteiger partial charge is 0.216 e. The summed E-state index contributed by atoms with van der Waals surface area (Å²) in [4.78, 5) is 12.9. The van der Waals surface area contributed by atoms with Gasteiger partial charge in [-0.25, -0.2) is 4.98 Å². The molecule has 3 aromatic carbocycles. The SMILES string of the molecule is COc1nc2ccccc2cc1C.Cc1cc2ccccc2cn1.Cc1cnc2ccccc2c1. The minimum absolute atomic E-state index is 0.707. The molecule has 3 heterocycles. The van der Waals surface area contributed by atoms with Crippen LogP contribution in [0.3, 0.4) is 0 Å². The molecule has 6 rings (SSSR count). The first-order valence-corrected chi connectivity index (χ1v) is 11.6. The molecule has 0 radical (unpaired) electrons. The molecule has 0 atom stereocenters. The van der Waals surface area contributed by atoms with E-state index in [1.54, 1.807) is 7.11 Å². The summed E-state index contributed by atoms with van der Waals surface area (Å²) in [6.07, 6.45) is 3.80. The molecule has 3 aromatic heterocycles. The predicted molar refractivity (Wildman–Crippen MR) is 146 cm³/mol. The Hall–Kier alpha value is -4.31. The van der Waals surface area contributed by atoms with Crippen molar-refractivity contribution in [1.82, 2.24) is 15.0 Å². The minimum atomic E-state index is 0.707. The molecule has 0 saturated carbocycles. The summed E-state index contributed by atoms with van der Waals surface area (Å²) in [7, 11) is 1.64. The standard InChI is InChI=1S/C11H11NO.2C10H9N/c1-8-7-9-5-3-4-6-10(9)12-11(8)13-2;1-8-6-9-4-2-3-5-10(9)7-11-8;1-8-6-9-4-2-3-5-10(9)11-7-8/h3-7H,1-2H3;2*2-7H,1H3. The van der Waals surface area contributed by atoms with Crippen LogP contribution in [0, 0.1) is 20.8 Å². The zero-order valence-corrected chi connectivity index (χ0v) is 20.6. The lowest BCUT2D eigenvalue weighted by atomic mass is 10.1. The molecule has 4 nitrogen and oxygen atoms in total. The topological polar surface area (TPSA) is 47.9 Å². The maximum absolute atomic E-state index is 5.14. The lowest BCUT2D eigenvalue weighted by Gasteiger charge is -2.04. The number of hydrogen-bond acceptors (Lipinski definition) is 4. The Kier molecular flexibility index (Phi) is 7.63. The lowest BCUT2D eigenvalue weighted by molar-refractivity contribution is 0.396. The van der Waals surface area contributed by atoms with Gasteiger partial charge < -0.3 is 4.74 Å². The molecule has 6 aromatic rings. The third-order valence-corrected chi connectivity index (χ3v) is 5.56. The fourth-order valence-corrected chi connectivity index (χ4v) is 3.79. The Morgan fingerprint density at radius 1 is 0.571 bits per heavy atom. The Morgan fingerprint density at radius 2 is 1.17 bits per heavy atom. The number of para-hydroxylation sites is 2. The Morgan fingerprint density at radius 3 is 1.89 bits per heavy atom. The van der Waals surface area contributed by atoms with Gasteiger partial charge in [-0.1, -0.05) is 60.7 Å². The Labute approximate surface area is 206 Å². The van der Waals surface area contributed by atoms with E-state index in [4.69, 9.17) is 4.74 Å². The van der Waals surface area contributed by atoms with Crippen molar-refractivity contribution in [3.63, 3.8) is 0 Å². The van der Waals surface area contributed by atoms with Crippen molar-refractivity contribution in [1.29, 1.82) is 0 Å². The van der Waals surface area contributed by atoms with E-state index in [-0.39, 0.29) is 0 Å². The fourth-order valence-electron chi connectivity index (χ4n) is 3.79. The van der Waals surface area contributed by atoms with Gasteiger partial charge in [0.25, 0.3) is 0 Å². The van der Waals surface area contributed by atoms with E-state index in [0.717, 1.165) is 27.7 Å². The van der Waals surface area contributed by atoms with Crippen LogP contribution in [0.25, 0.3) is 32.6 Å². The number of hydrogen-bond donors (Lipinski definition) is 0. The maximum atomic E-state index is 5.14. The number of aromatic nitrogens is 3. The molecule has 0 fully saturated rings. The molecule has 35 heavy (non-hydrogen) atoms. The zero-order chi connectivity index (χ0) is 24.6. The number of nitrogens with zero attached hydrogens (tertiary/aromatic N) is 3. The minimum Gasteiger partial charge on any atom is -0.481 e. The summed E-state index contributed by atoms with van der Waals surface area (Å²) < 4.78 is 5.14. The molecule has 0 saturated heterocycles.